The van der Waals surface area contributed by atoms with E-state index in [1.807, 2.05) is 0 Å². The zero-order valence-corrected chi connectivity index (χ0v) is 18.4. The zero-order valence-electron chi connectivity index (χ0n) is 18.4. The average molecular weight is 468 g/mol. The van der Waals surface area contributed by atoms with Gasteiger partial charge < -0.3 is 44.5 Å². The topological polar surface area (TPSA) is 138 Å². The van der Waals surface area contributed by atoms with Gasteiger partial charge in [-0.3, -0.25) is 0 Å². The number of benzene rings is 3. The van der Waals surface area contributed by atoms with Crippen LogP contribution in [0.15, 0.2) is 42.5 Å². The number of hydrogen-bond acceptors (Lipinski definition) is 9. The smallest absolute Gasteiger partial charge is 0.203 e. The van der Waals surface area contributed by atoms with Gasteiger partial charge in [0, 0.05) is 11.6 Å². The first-order valence-electron chi connectivity index (χ1n) is 10.3. The number of ether oxygens (including phenoxy) is 4. The van der Waals surface area contributed by atoms with Crippen LogP contribution in [0, 0.1) is 0 Å². The molecule has 0 aliphatic carbocycles. The molecule has 1 aliphatic rings. The molecular formula is C25H24O9. The molecule has 3 aromatic carbocycles. The summed E-state index contributed by atoms with van der Waals surface area (Å²) < 4.78 is 22.4. The van der Waals surface area contributed by atoms with E-state index in [1.54, 1.807) is 30.4 Å². The molecule has 0 aromatic heterocycles. The minimum atomic E-state index is -0.853. The third-order valence-corrected chi connectivity index (χ3v) is 5.32. The molecule has 9 heteroatoms. The monoisotopic (exact) mass is 468 g/mol. The molecule has 0 bridgehead atoms. The van der Waals surface area contributed by atoms with E-state index < -0.39 is 18.8 Å². The largest absolute Gasteiger partial charge is 0.508 e. The van der Waals surface area contributed by atoms with E-state index in [9.17, 15) is 25.5 Å². The summed E-state index contributed by atoms with van der Waals surface area (Å²) in [6.45, 7) is -0.405. The number of methoxy groups -OCH3 is 2. The van der Waals surface area contributed by atoms with Crippen molar-refractivity contribution in [1.29, 1.82) is 0 Å². The molecule has 34 heavy (non-hydrogen) atoms. The number of aliphatic hydroxyl groups is 1. The highest BCUT2D eigenvalue weighted by Crippen LogP contribution is 2.48. The van der Waals surface area contributed by atoms with Gasteiger partial charge in [0.1, 0.15) is 11.5 Å². The number of phenols is 4. The Labute approximate surface area is 195 Å². The van der Waals surface area contributed by atoms with Gasteiger partial charge in [-0.2, -0.15) is 0 Å². The fourth-order valence-corrected chi connectivity index (χ4v) is 3.74. The second kappa shape index (κ2) is 9.32. The van der Waals surface area contributed by atoms with Gasteiger partial charge in [-0.25, -0.2) is 0 Å². The second-order valence-corrected chi connectivity index (χ2v) is 7.63. The van der Waals surface area contributed by atoms with Crippen molar-refractivity contribution in [3.8, 4) is 46.0 Å². The number of hydrogen-bond donors (Lipinski definition) is 5. The molecule has 4 rings (SSSR count). The number of aliphatic hydroxyl groups excluding tert-OH is 1. The molecule has 0 fully saturated rings. The Hall–Kier alpha value is -4.24. The third kappa shape index (κ3) is 4.46. The van der Waals surface area contributed by atoms with Crippen molar-refractivity contribution in [2.24, 2.45) is 0 Å². The van der Waals surface area contributed by atoms with E-state index >= 15 is 0 Å². The fourth-order valence-electron chi connectivity index (χ4n) is 3.74. The van der Waals surface area contributed by atoms with Gasteiger partial charge in [-0.05, 0) is 47.5 Å². The summed E-state index contributed by atoms with van der Waals surface area (Å²) in [5.74, 6) is 0.121. The number of phenolic OH excluding ortho intramolecular Hbond substituents is 4. The summed E-state index contributed by atoms with van der Waals surface area (Å²) in [6.07, 6.45) is 1.65. The van der Waals surface area contributed by atoms with Crippen molar-refractivity contribution in [3.63, 3.8) is 0 Å². The van der Waals surface area contributed by atoms with Crippen molar-refractivity contribution in [3.05, 3.63) is 59.2 Å². The maximum atomic E-state index is 10.5. The van der Waals surface area contributed by atoms with Gasteiger partial charge in [0.2, 0.25) is 11.5 Å². The van der Waals surface area contributed by atoms with E-state index in [0.29, 0.717) is 16.7 Å². The van der Waals surface area contributed by atoms with Crippen LogP contribution in [0.1, 0.15) is 22.8 Å². The lowest BCUT2D eigenvalue weighted by atomic mass is 10.0. The molecule has 0 saturated heterocycles. The standard InChI is InChI=1S/C25H24O9/c1-31-19-9-15(10-20(32-2)23(19)30)24-22(12-26)34-25-18(29)7-14(8-21(25)33-24)4-3-13-5-16(27)11-17(28)6-13/h3-11,22,24,26-30H,12H2,1-2H3. The zero-order chi connectivity index (χ0) is 24.4. The maximum absolute atomic E-state index is 10.5. The summed E-state index contributed by atoms with van der Waals surface area (Å²) >= 11 is 0. The van der Waals surface area contributed by atoms with Gasteiger partial charge in [0.05, 0.1) is 20.8 Å². The molecule has 1 heterocycles. The normalized spacial score (nSPS) is 17.0. The molecule has 0 radical (unpaired) electrons. The van der Waals surface area contributed by atoms with Crippen LogP contribution in [-0.2, 0) is 0 Å². The highest BCUT2D eigenvalue weighted by molar-refractivity contribution is 5.73. The van der Waals surface area contributed by atoms with Crippen molar-refractivity contribution in [1.82, 2.24) is 0 Å². The van der Waals surface area contributed by atoms with Crippen LogP contribution in [0.4, 0.5) is 0 Å². The van der Waals surface area contributed by atoms with Crippen LogP contribution in [0.5, 0.6) is 46.0 Å². The Kier molecular flexibility index (Phi) is 6.29. The van der Waals surface area contributed by atoms with Crippen molar-refractivity contribution < 1.29 is 44.5 Å². The molecule has 9 nitrogen and oxygen atoms in total. The Bertz CT molecular complexity index is 1190. The fraction of sp³-hybridized carbons (Fsp3) is 0.200. The Balaban J connectivity index is 1.70. The van der Waals surface area contributed by atoms with E-state index in [1.165, 1.54) is 38.5 Å². The van der Waals surface area contributed by atoms with Crippen LogP contribution in [0.25, 0.3) is 12.2 Å². The molecule has 0 spiro atoms. The number of rotatable bonds is 6. The first kappa shape index (κ1) is 22.9. The number of aromatic hydroxyl groups is 4. The SMILES string of the molecule is COc1cc(C2Oc3cc(C=Cc4cc(O)cc(O)c4)cc(O)c3OC2CO)cc(OC)c1O. The lowest BCUT2D eigenvalue weighted by molar-refractivity contribution is -0.0142. The molecule has 2 unspecified atom stereocenters. The molecule has 1 aliphatic heterocycles. The molecule has 5 N–H and O–H groups in total. The minimum absolute atomic E-state index is 0.0812. The minimum Gasteiger partial charge on any atom is -0.508 e. The second-order valence-electron chi connectivity index (χ2n) is 7.63. The van der Waals surface area contributed by atoms with Crippen molar-refractivity contribution in [2.45, 2.75) is 12.2 Å². The summed E-state index contributed by atoms with van der Waals surface area (Å²) in [5, 5.41) is 49.9. The lowest BCUT2D eigenvalue weighted by Gasteiger charge is -2.34. The lowest BCUT2D eigenvalue weighted by Crippen LogP contribution is -2.36. The van der Waals surface area contributed by atoms with Gasteiger partial charge in [0.15, 0.2) is 35.2 Å². The average Bonchev–Trinajstić information content (AvgIpc) is 2.81. The highest BCUT2D eigenvalue weighted by atomic mass is 16.6. The van der Waals surface area contributed by atoms with E-state index in [2.05, 4.69) is 0 Å². The van der Waals surface area contributed by atoms with Crippen LogP contribution < -0.4 is 18.9 Å². The molecule has 0 saturated carbocycles. The highest BCUT2D eigenvalue weighted by Gasteiger charge is 2.35. The predicted molar refractivity (Wildman–Crippen MR) is 123 cm³/mol. The summed E-state index contributed by atoms with van der Waals surface area (Å²) in [5.41, 5.74) is 1.63. The quantitative estimate of drug-likeness (QED) is 0.344. The molecule has 2 atom stereocenters. The van der Waals surface area contributed by atoms with Crippen LogP contribution in [0.2, 0.25) is 0 Å². The first-order valence-corrected chi connectivity index (χ1v) is 10.3. The van der Waals surface area contributed by atoms with Crippen LogP contribution in [-0.4, -0.2) is 52.5 Å². The summed E-state index contributed by atoms with van der Waals surface area (Å²) in [4.78, 5) is 0. The Morgan fingerprint density at radius 2 is 1.38 bits per heavy atom. The molecule has 3 aromatic rings. The number of fused-ring (bicyclic) bond motifs is 1. The first-order chi connectivity index (χ1) is 16.3. The van der Waals surface area contributed by atoms with E-state index in [0.717, 1.165) is 0 Å². The Morgan fingerprint density at radius 1 is 0.794 bits per heavy atom. The van der Waals surface area contributed by atoms with E-state index in [-0.39, 0.29) is 46.0 Å². The van der Waals surface area contributed by atoms with Gasteiger partial charge >= 0.3 is 0 Å². The third-order valence-electron chi connectivity index (χ3n) is 5.32. The van der Waals surface area contributed by atoms with Gasteiger partial charge in [0.25, 0.3) is 0 Å². The predicted octanol–water partition coefficient (Wildman–Crippen LogP) is 3.57. The van der Waals surface area contributed by atoms with Crippen LogP contribution in [0.3, 0.4) is 0 Å². The molecule has 178 valence electrons. The Morgan fingerprint density at radius 3 is 1.94 bits per heavy atom. The van der Waals surface area contributed by atoms with Gasteiger partial charge in [-0.15, -0.1) is 0 Å². The summed E-state index contributed by atoms with van der Waals surface area (Å²) in [7, 11) is 2.80. The van der Waals surface area contributed by atoms with Crippen LogP contribution >= 0.6 is 0 Å². The maximum Gasteiger partial charge on any atom is 0.203 e. The molecule has 0 amide bonds. The summed E-state index contributed by atoms with van der Waals surface area (Å²) in [6, 6.07) is 10.4. The van der Waals surface area contributed by atoms with Gasteiger partial charge in [-0.1, -0.05) is 12.2 Å². The molecular weight excluding hydrogens is 444 g/mol. The van der Waals surface area contributed by atoms with Crippen molar-refractivity contribution >= 4 is 12.2 Å². The van der Waals surface area contributed by atoms with Crippen molar-refractivity contribution in [2.75, 3.05) is 20.8 Å². The van der Waals surface area contributed by atoms with E-state index in [4.69, 9.17) is 18.9 Å².